The fraction of sp³-hybridized carbons (Fsp3) is 0.750. The molecular weight excluding hydrogens is 90.9 g/mol. The molecule has 6 heavy (non-hydrogen) atoms. The molecule has 0 atom stereocenters. The van der Waals surface area contributed by atoms with Gasteiger partial charge in [0.25, 0.3) is 0 Å². The van der Waals surface area contributed by atoms with E-state index in [1.54, 1.807) is 5.37 Å². The van der Waals surface area contributed by atoms with Crippen molar-refractivity contribution in [3.8, 4) is 0 Å². The molecule has 0 unspecified atom stereocenters. The molecule has 0 fully saturated rings. The maximum atomic E-state index is 4.59. The quantitative estimate of drug-likeness (QED) is 0.287. The topological polar surface area (TPSA) is 0 Å². The minimum Gasteiger partial charge on any atom is -0.0935 e. The molecule has 0 rings (SSSR count). The summed E-state index contributed by atoms with van der Waals surface area (Å²) in [5.41, 5.74) is 0. The minimum absolute atomic E-state index is 1.10. The Bertz CT molecular complexity index is 36.5. The SMILES string of the molecule is BCCCC=S. The summed E-state index contributed by atoms with van der Waals surface area (Å²) >= 11 is 4.59. The summed E-state index contributed by atoms with van der Waals surface area (Å²) in [5.74, 6) is 0. The summed E-state index contributed by atoms with van der Waals surface area (Å²) in [5, 5.41) is 1.80. The molecule has 0 nitrogen and oxygen atoms in total. The van der Waals surface area contributed by atoms with E-state index in [4.69, 9.17) is 0 Å². The Morgan fingerprint density at radius 2 is 2.33 bits per heavy atom. The van der Waals surface area contributed by atoms with Crippen LogP contribution in [0.4, 0.5) is 0 Å². The highest BCUT2D eigenvalue weighted by Crippen LogP contribution is 1.86. The second-order valence-electron chi connectivity index (χ2n) is 1.31. The van der Waals surface area contributed by atoms with E-state index in [1.165, 1.54) is 12.7 Å². The van der Waals surface area contributed by atoms with Gasteiger partial charge in [-0.25, -0.2) is 0 Å². The van der Waals surface area contributed by atoms with Gasteiger partial charge in [-0.3, -0.25) is 0 Å². The molecule has 0 bridgehead atoms. The standard InChI is InChI=1S/C4H9BS/c5-3-1-2-4-6/h4H,1-3,5H2. The van der Waals surface area contributed by atoms with Crippen molar-refractivity contribution in [3.63, 3.8) is 0 Å². The van der Waals surface area contributed by atoms with Gasteiger partial charge in [0.05, 0.1) is 0 Å². The molecule has 0 saturated heterocycles. The van der Waals surface area contributed by atoms with Gasteiger partial charge in [-0.05, 0) is 11.8 Å². The fourth-order valence-electron chi connectivity index (χ4n) is 0.287. The third-order valence-electron chi connectivity index (χ3n) is 0.676. The fourth-order valence-corrected chi connectivity index (χ4v) is 0.454. The van der Waals surface area contributed by atoms with Gasteiger partial charge in [-0.1, -0.05) is 25.0 Å². The molecule has 0 spiro atoms. The van der Waals surface area contributed by atoms with Gasteiger partial charge in [-0.2, -0.15) is 0 Å². The van der Waals surface area contributed by atoms with Crippen LogP contribution in [0.15, 0.2) is 0 Å². The van der Waals surface area contributed by atoms with Crippen molar-refractivity contribution in [2.45, 2.75) is 19.2 Å². The first-order valence-corrected chi connectivity index (χ1v) is 2.82. The number of thiocarbonyl (C=S) groups is 1. The Kier molecular flexibility index (Phi) is 5.29. The van der Waals surface area contributed by atoms with Gasteiger partial charge in [-0.15, -0.1) is 0 Å². The predicted octanol–water partition coefficient (Wildman–Crippen LogP) is 0.818. The minimum atomic E-state index is 1.10. The van der Waals surface area contributed by atoms with Crippen LogP contribution in [0, 0.1) is 0 Å². The van der Waals surface area contributed by atoms with E-state index in [1.807, 2.05) is 0 Å². The third kappa shape index (κ3) is 4.15. The van der Waals surface area contributed by atoms with Crippen LogP contribution in [0.2, 0.25) is 6.32 Å². The summed E-state index contributed by atoms with van der Waals surface area (Å²) < 4.78 is 0. The van der Waals surface area contributed by atoms with Crippen molar-refractivity contribution in [1.29, 1.82) is 0 Å². The lowest BCUT2D eigenvalue weighted by molar-refractivity contribution is 1.01. The second kappa shape index (κ2) is 5.15. The molecule has 2 heteroatoms. The van der Waals surface area contributed by atoms with Crippen molar-refractivity contribution >= 4 is 25.4 Å². The second-order valence-corrected chi connectivity index (χ2v) is 1.64. The predicted molar refractivity (Wildman–Crippen MR) is 36.2 cm³/mol. The van der Waals surface area contributed by atoms with Crippen molar-refractivity contribution in [2.75, 3.05) is 0 Å². The van der Waals surface area contributed by atoms with Crippen LogP contribution in [0.1, 0.15) is 12.8 Å². The molecule has 0 saturated carbocycles. The Labute approximate surface area is 45.3 Å². The van der Waals surface area contributed by atoms with E-state index < -0.39 is 0 Å². The third-order valence-corrected chi connectivity index (χ3v) is 0.911. The molecule has 0 aromatic rings. The first-order chi connectivity index (χ1) is 2.91. The summed E-state index contributed by atoms with van der Waals surface area (Å²) in [4.78, 5) is 0. The molecule has 0 aliphatic rings. The summed E-state index contributed by atoms with van der Waals surface area (Å²) in [6.45, 7) is 0. The first kappa shape index (κ1) is 6.15. The van der Waals surface area contributed by atoms with E-state index in [9.17, 15) is 0 Å². The van der Waals surface area contributed by atoms with Crippen LogP contribution in [-0.2, 0) is 0 Å². The monoisotopic (exact) mass is 100 g/mol. The van der Waals surface area contributed by atoms with Crippen LogP contribution in [0.5, 0.6) is 0 Å². The zero-order chi connectivity index (χ0) is 4.83. The van der Waals surface area contributed by atoms with Crippen LogP contribution < -0.4 is 0 Å². The molecule has 0 aromatic carbocycles. The number of hydrogen-bond acceptors (Lipinski definition) is 1. The molecule has 0 radical (unpaired) electrons. The zero-order valence-electron chi connectivity index (χ0n) is 4.11. The van der Waals surface area contributed by atoms with E-state index in [0.717, 1.165) is 6.42 Å². The zero-order valence-corrected chi connectivity index (χ0v) is 4.92. The summed E-state index contributed by atoms with van der Waals surface area (Å²) in [7, 11) is 2.17. The smallest absolute Gasteiger partial charge is 0.0935 e. The maximum absolute atomic E-state index is 4.59. The van der Waals surface area contributed by atoms with Crippen LogP contribution in [0.3, 0.4) is 0 Å². The average Bonchev–Trinajstić information content (AvgIpc) is 1.61. The number of hydrogen-bond donors (Lipinski definition) is 0. The Balaban J connectivity index is 2.49. The first-order valence-electron chi connectivity index (χ1n) is 2.35. The largest absolute Gasteiger partial charge is 0.101 e. The molecule has 0 amide bonds. The average molecular weight is 100.0 g/mol. The molecule has 0 heterocycles. The molecular formula is C4H9BS. The summed E-state index contributed by atoms with van der Waals surface area (Å²) in [6.07, 6.45) is 3.61. The van der Waals surface area contributed by atoms with Crippen molar-refractivity contribution in [3.05, 3.63) is 0 Å². The number of rotatable bonds is 3. The van der Waals surface area contributed by atoms with E-state index in [2.05, 4.69) is 20.1 Å². The highest BCUT2D eigenvalue weighted by Gasteiger charge is 1.73. The molecule has 34 valence electrons. The molecule has 0 aliphatic carbocycles. The van der Waals surface area contributed by atoms with Gasteiger partial charge in [0, 0.05) is 0 Å². The normalized spacial score (nSPS) is 8.00. The van der Waals surface area contributed by atoms with Crippen LogP contribution >= 0.6 is 12.2 Å². The van der Waals surface area contributed by atoms with E-state index >= 15 is 0 Å². The lowest BCUT2D eigenvalue weighted by Gasteiger charge is -1.80. The maximum Gasteiger partial charge on any atom is 0.101 e. The lowest BCUT2D eigenvalue weighted by atomic mass is 10.0. The summed E-state index contributed by atoms with van der Waals surface area (Å²) in [6, 6.07) is 0. The van der Waals surface area contributed by atoms with Crippen LogP contribution in [0.25, 0.3) is 0 Å². The van der Waals surface area contributed by atoms with Crippen molar-refractivity contribution in [1.82, 2.24) is 0 Å². The van der Waals surface area contributed by atoms with E-state index in [-0.39, 0.29) is 0 Å². The van der Waals surface area contributed by atoms with Crippen molar-refractivity contribution < 1.29 is 0 Å². The molecule has 0 aromatic heterocycles. The van der Waals surface area contributed by atoms with E-state index in [0.29, 0.717) is 0 Å². The van der Waals surface area contributed by atoms with Gasteiger partial charge in [0.2, 0.25) is 0 Å². The number of unbranched alkanes of at least 4 members (excludes halogenated alkanes) is 1. The van der Waals surface area contributed by atoms with Crippen LogP contribution in [-0.4, -0.2) is 13.2 Å². The van der Waals surface area contributed by atoms with Gasteiger partial charge >= 0.3 is 0 Å². The Morgan fingerprint density at radius 1 is 1.67 bits per heavy atom. The van der Waals surface area contributed by atoms with Gasteiger partial charge in [0.15, 0.2) is 0 Å². The van der Waals surface area contributed by atoms with Gasteiger partial charge in [0.1, 0.15) is 7.85 Å². The highest BCUT2D eigenvalue weighted by atomic mass is 32.1. The van der Waals surface area contributed by atoms with Gasteiger partial charge < -0.3 is 0 Å². The highest BCUT2D eigenvalue weighted by molar-refractivity contribution is 7.78. The lowest BCUT2D eigenvalue weighted by Crippen LogP contribution is -1.70. The molecule has 0 aliphatic heterocycles. The Hall–Kier alpha value is 0.155. The molecule has 0 N–H and O–H groups in total. The Morgan fingerprint density at radius 3 is 2.50 bits per heavy atom. The van der Waals surface area contributed by atoms with Crippen molar-refractivity contribution in [2.24, 2.45) is 0 Å².